The van der Waals surface area contributed by atoms with Gasteiger partial charge in [-0.25, -0.2) is 0 Å². The van der Waals surface area contributed by atoms with Gasteiger partial charge in [-0.15, -0.1) is 11.3 Å². The molecule has 0 saturated heterocycles. The molecule has 2 aromatic rings. The van der Waals surface area contributed by atoms with Gasteiger partial charge in [0.2, 0.25) is 5.91 Å². The monoisotopic (exact) mass is 288 g/mol. The van der Waals surface area contributed by atoms with Crippen LogP contribution in [0.25, 0.3) is 0 Å². The highest BCUT2D eigenvalue weighted by Gasteiger charge is 2.05. The van der Waals surface area contributed by atoms with Gasteiger partial charge in [-0.05, 0) is 35.6 Å². The van der Waals surface area contributed by atoms with Crippen molar-refractivity contribution < 1.29 is 4.79 Å². The van der Waals surface area contributed by atoms with Crippen molar-refractivity contribution in [2.24, 2.45) is 0 Å². The number of amides is 1. The van der Waals surface area contributed by atoms with Crippen molar-refractivity contribution in [1.82, 2.24) is 0 Å². The molecule has 0 saturated carbocycles. The smallest absolute Gasteiger partial charge is 0.221 e. The molecule has 1 aromatic heterocycles. The zero-order valence-electron chi connectivity index (χ0n) is 11.9. The third kappa shape index (κ3) is 4.10. The highest BCUT2D eigenvalue weighted by molar-refractivity contribution is 7.10. The van der Waals surface area contributed by atoms with Crippen LogP contribution in [0.3, 0.4) is 0 Å². The van der Waals surface area contributed by atoms with Gasteiger partial charge in [0.15, 0.2) is 0 Å². The van der Waals surface area contributed by atoms with Gasteiger partial charge in [-0.1, -0.05) is 25.5 Å². The lowest BCUT2D eigenvalue weighted by molar-refractivity contribution is -0.114. The number of anilines is 2. The maximum Gasteiger partial charge on any atom is 0.221 e. The maximum atomic E-state index is 11.1. The van der Waals surface area contributed by atoms with Crippen LogP contribution in [0.15, 0.2) is 35.7 Å². The van der Waals surface area contributed by atoms with E-state index in [4.69, 9.17) is 0 Å². The van der Waals surface area contributed by atoms with Crippen molar-refractivity contribution in [3.05, 3.63) is 46.2 Å². The molecule has 20 heavy (non-hydrogen) atoms. The van der Waals surface area contributed by atoms with Gasteiger partial charge in [-0.2, -0.15) is 0 Å². The molecule has 2 rings (SSSR count). The number of benzene rings is 1. The van der Waals surface area contributed by atoms with E-state index in [1.165, 1.54) is 18.9 Å². The van der Waals surface area contributed by atoms with Crippen molar-refractivity contribution in [3.8, 4) is 0 Å². The first-order chi connectivity index (χ1) is 9.69. The molecule has 1 amide bonds. The van der Waals surface area contributed by atoms with E-state index in [0.29, 0.717) is 0 Å². The molecule has 3 nitrogen and oxygen atoms in total. The van der Waals surface area contributed by atoms with Crippen LogP contribution in [0.2, 0.25) is 0 Å². The van der Waals surface area contributed by atoms with E-state index >= 15 is 0 Å². The molecule has 0 aliphatic rings. The second-order valence-corrected chi connectivity index (χ2v) is 5.74. The molecule has 0 radical (unpaired) electrons. The summed E-state index contributed by atoms with van der Waals surface area (Å²) in [5.41, 5.74) is 3.37. The summed E-state index contributed by atoms with van der Waals surface area (Å²) in [5, 5.41) is 8.23. The third-order valence-corrected chi connectivity index (χ3v) is 3.92. The van der Waals surface area contributed by atoms with Crippen LogP contribution in [0, 0.1) is 0 Å². The average molecular weight is 288 g/mol. The number of thiophene rings is 1. The molecule has 0 aliphatic carbocycles. The first-order valence-corrected chi connectivity index (χ1v) is 7.73. The lowest BCUT2D eigenvalue weighted by Crippen LogP contribution is -2.08. The van der Waals surface area contributed by atoms with Gasteiger partial charge in [0, 0.05) is 17.5 Å². The maximum absolute atomic E-state index is 11.1. The predicted octanol–water partition coefficient (Wildman–Crippen LogP) is 4.27. The number of aryl methyl sites for hydroxylation is 1. The predicted molar refractivity (Wildman–Crippen MR) is 86.4 cm³/mol. The second kappa shape index (κ2) is 7.10. The summed E-state index contributed by atoms with van der Waals surface area (Å²) in [7, 11) is 0. The second-order valence-electron chi connectivity index (χ2n) is 4.74. The van der Waals surface area contributed by atoms with Crippen molar-refractivity contribution in [2.45, 2.75) is 33.2 Å². The summed E-state index contributed by atoms with van der Waals surface area (Å²) in [6, 6.07) is 10.5. The lowest BCUT2D eigenvalue weighted by atomic mass is 10.1. The Morgan fingerprint density at radius 2 is 1.95 bits per heavy atom. The molecule has 1 heterocycles. The van der Waals surface area contributed by atoms with E-state index in [1.54, 1.807) is 11.3 Å². The summed E-state index contributed by atoms with van der Waals surface area (Å²) in [5.74, 6) is -0.0337. The van der Waals surface area contributed by atoms with Crippen LogP contribution < -0.4 is 10.6 Å². The third-order valence-electron chi connectivity index (χ3n) is 3.00. The molecule has 2 N–H and O–H groups in total. The summed E-state index contributed by atoms with van der Waals surface area (Å²) >= 11 is 1.64. The zero-order chi connectivity index (χ0) is 14.4. The Morgan fingerprint density at radius 3 is 2.60 bits per heavy atom. The van der Waals surface area contributed by atoms with Crippen LogP contribution >= 0.6 is 11.3 Å². The first kappa shape index (κ1) is 14.6. The Morgan fingerprint density at radius 1 is 1.20 bits per heavy atom. The van der Waals surface area contributed by atoms with Gasteiger partial charge in [0.1, 0.15) is 0 Å². The SMILES string of the molecule is CCCc1ccc(NCc2sccc2NC(C)=O)cc1. The molecular formula is C16H20N2OS. The van der Waals surface area contributed by atoms with Gasteiger partial charge in [0.25, 0.3) is 0 Å². The number of hydrogen-bond acceptors (Lipinski definition) is 3. The minimum absolute atomic E-state index is 0.0337. The van der Waals surface area contributed by atoms with Crippen LogP contribution in [0.1, 0.15) is 30.7 Å². The van der Waals surface area contributed by atoms with Crippen LogP contribution in [0.4, 0.5) is 11.4 Å². The zero-order valence-corrected chi connectivity index (χ0v) is 12.7. The number of carbonyl (C=O) groups excluding carboxylic acids is 1. The molecule has 0 aliphatic heterocycles. The van der Waals surface area contributed by atoms with E-state index < -0.39 is 0 Å². The van der Waals surface area contributed by atoms with Crippen molar-refractivity contribution in [2.75, 3.05) is 10.6 Å². The summed E-state index contributed by atoms with van der Waals surface area (Å²) in [6.07, 6.45) is 2.29. The molecule has 0 unspecified atom stereocenters. The van der Waals surface area contributed by atoms with Crippen LogP contribution in [-0.2, 0) is 17.8 Å². The van der Waals surface area contributed by atoms with E-state index in [9.17, 15) is 4.79 Å². The van der Waals surface area contributed by atoms with E-state index in [2.05, 4.69) is 41.8 Å². The topological polar surface area (TPSA) is 41.1 Å². The number of nitrogens with one attached hydrogen (secondary N) is 2. The molecule has 106 valence electrons. The summed E-state index contributed by atoms with van der Waals surface area (Å²) in [6.45, 7) is 4.44. The summed E-state index contributed by atoms with van der Waals surface area (Å²) < 4.78 is 0. The Labute approximate surface area is 124 Å². The Kier molecular flexibility index (Phi) is 5.18. The summed E-state index contributed by atoms with van der Waals surface area (Å²) in [4.78, 5) is 12.2. The number of rotatable bonds is 6. The van der Waals surface area contributed by atoms with E-state index in [1.807, 2.05) is 11.4 Å². The van der Waals surface area contributed by atoms with Crippen molar-refractivity contribution in [3.63, 3.8) is 0 Å². The fourth-order valence-corrected chi connectivity index (χ4v) is 2.81. The van der Waals surface area contributed by atoms with E-state index in [-0.39, 0.29) is 5.91 Å². The highest BCUT2D eigenvalue weighted by Crippen LogP contribution is 2.23. The quantitative estimate of drug-likeness (QED) is 0.833. The Bertz CT molecular complexity index is 560. The van der Waals surface area contributed by atoms with Gasteiger partial charge in [0.05, 0.1) is 12.2 Å². The molecule has 0 fully saturated rings. The molecule has 4 heteroatoms. The van der Waals surface area contributed by atoms with Crippen LogP contribution in [-0.4, -0.2) is 5.91 Å². The Hall–Kier alpha value is -1.81. The fraction of sp³-hybridized carbons (Fsp3) is 0.312. The van der Waals surface area contributed by atoms with Crippen molar-refractivity contribution in [1.29, 1.82) is 0 Å². The standard InChI is InChI=1S/C16H20N2OS/c1-3-4-13-5-7-14(8-6-13)17-11-16-15(9-10-20-16)18-12(2)19/h5-10,17H,3-4,11H2,1-2H3,(H,18,19). The Balaban J connectivity index is 1.94. The van der Waals surface area contributed by atoms with Crippen LogP contribution in [0.5, 0.6) is 0 Å². The largest absolute Gasteiger partial charge is 0.380 e. The average Bonchev–Trinajstić information content (AvgIpc) is 2.85. The minimum atomic E-state index is -0.0337. The molecular weight excluding hydrogens is 268 g/mol. The van der Waals surface area contributed by atoms with Gasteiger partial charge >= 0.3 is 0 Å². The first-order valence-electron chi connectivity index (χ1n) is 6.86. The molecule has 1 aromatic carbocycles. The molecule has 0 atom stereocenters. The molecule has 0 spiro atoms. The molecule has 0 bridgehead atoms. The normalized spacial score (nSPS) is 10.3. The van der Waals surface area contributed by atoms with E-state index in [0.717, 1.165) is 29.2 Å². The minimum Gasteiger partial charge on any atom is -0.380 e. The highest BCUT2D eigenvalue weighted by atomic mass is 32.1. The van der Waals surface area contributed by atoms with Crippen molar-refractivity contribution >= 4 is 28.6 Å². The van der Waals surface area contributed by atoms with Gasteiger partial charge < -0.3 is 10.6 Å². The van der Waals surface area contributed by atoms with Gasteiger partial charge in [-0.3, -0.25) is 4.79 Å². The number of hydrogen-bond donors (Lipinski definition) is 2. The fourth-order valence-electron chi connectivity index (χ4n) is 2.04. The lowest BCUT2D eigenvalue weighted by Gasteiger charge is -2.08. The number of carbonyl (C=O) groups is 1.